The zero-order valence-electron chi connectivity index (χ0n) is 7.63. The maximum absolute atomic E-state index is 5.48. The molecular weight excluding hydrogens is 166 g/mol. The SMILES string of the molecule is CSc1cc(CCN)ccc1C. The predicted octanol–water partition coefficient (Wildman–Crippen LogP) is 2.22. The third kappa shape index (κ3) is 2.26. The van der Waals surface area contributed by atoms with E-state index in [-0.39, 0.29) is 0 Å². The van der Waals surface area contributed by atoms with Crippen LogP contribution in [-0.4, -0.2) is 12.8 Å². The molecule has 0 aromatic heterocycles. The van der Waals surface area contributed by atoms with Gasteiger partial charge >= 0.3 is 0 Å². The van der Waals surface area contributed by atoms with Gasteiger partial charge in [0.2, 0.25) is 0 Å². The van der Waals surface area contributed by atoms with Crippen molar-refractivity contribution in [2.45, 2.75) is 18.2 Å². The smallest absolute Gasteiger partial charge is 0.0101 e. The van der Waals surface area contributed by atoms with Gasteiger partial charge in [0, 0.05) is 4.90 Å². The normalized spacial score (nSPS) is 10.2. The van der Waals surface area contributed by atoms with Crippen molar-refractivity contribution in [3.05, 3.63) is 29.3 Å². The van der Waals surface area contributed by atoms with Gasteiger partial charge in [-0.05, 0) is 43.3 Å². The van der Waals surface area contributed by atoms with E-state index in [1.165, 1.54) is 16.0 Å². The zero-order chi connectivity index (χ0) is 8.97. The van der Waals surface area contributed by atoms with E-state index >= 15 is 0 Å². The summed E-state index contributed by atoms with van der Waals surface area (Å²) in [7, 11) is 0. The van der Waals surface area contributed by atoms with E-state index in [4.69, 9.17) is 5.73 Å². The molecule has 0 unspecified atom stereocenters. The van der Waals surface area contributed by atoms with Gasteiger partial charge in [0.15, 0.2) is 0 Å². The molecule has 0 heterocycles. The van der Waals surface area contributed by atoms with Crippen molar-refractivity contribution in [3.63, 3.8) is 0 Å². The molecule has 0 saturated carbocycles. The van der Waals surface area contributed by atoms with Gasteiger partial charge in [-0.2, -0.15) is 0 Å². The summed E-state index contributed by atoms with van der Waals surface area (Å²) in [5.41, 5.74) is 8.17. The van der Waals surface area contributed by atoms with Crippen molar-refractivity contribution in [2.75, 3.05) is 12.8 Å². The molecule has 0 atom stereocenters. The molecular formula is C10H15NS. The Morgan fingerprint density at radius 2 is 2.17 bits per heavy atom. The lowest BCUT2D eigenvalue weighted by atomic mass is 10.1. The standard InChI is InChI=1S/C10H15NS/c1-8-3-4-9(5-6-11)7-10(8)12-2/h3-4,7H,5-6,11H2,1-2H3. The Morgan fingerprint density at radius 3 is 2.75 bits per heavy atom. The quantitative estimate of drug-likeness (QED) is 0.724. The number of nitrogens with two attached hydrogens (primary N) is 1. The molecule has 0 amide bonds. The lowest BCUT2D eigenvalue weighted by Crippen LogP contribution is -2.02. The second-order valence-corrected chi connectivity index (χ2v) is 3.69. The molecule has 1 nitrogen and oxygen atoms in total. The van der Waals surface area contributed by atoms with Crippen molar-refractivity contribution < 1.29 is 0 Å². The third-order valence-electron chi connectivity index (χ3n) is 1.91. The summed E-state index contributed by atoms with van der Waals surface area (Å²) in [5, 5.41) is 0. The molecule has 0 aliphatic heterocycles. The molecule has 0 fully saturated rings. The van der Waals surface area contributed by atoms with Crippen LogP contribution in [0, 0.1) is 6.92 Å². The van der Waals surface area contributed by atoms with Crippen LogP contribution in [0.3, 0.4) is 0 Å². The van der Waals surface area contributed by atoms with E-state index in [9.17, 15) is 0 Å². The van der Waals surface area contributed by atoms with E-state index in [2.05, 4.69) is 31.4 Å². The van der Waals surface area contributed by atoms with Crippen LogP contribution in [0.15, 0.2) is 23.1 Å². The van der Waals surface area contributed by atoms with E-state index < -0.39 is 0 Å². The third-order valence-corrected chi connectivity index (χ3v) is 2.79. The number of hydrogen-bond acceptors (Lipinski definition) is 2. The van der Waals surface area contributed by atoms with Gasteiger partial charge in [-0.1, -0.05) is 12.1 Å². The van der Waals surface area contributed by atoms with Crippen LogP contribution >= 0.6 is 11.8 Å². The Morgan fingerprint density at radius 1 is 1.42 bits per heavy atom. The summed E-state index contributed by atoms with van der Waals surface area (Å²) in [6.45, 7) is 2.87. The van der Waals surface area contributed by atoms with Crippen molar-refractivity contribution in [3.8, 4) is 0 Å². The van der Waals surface area contributed by atoms with Crippen LogP contribution in [-0.2, 0) is 6.42 Å². The molecule has 2 N–H and O–H groups in total. The lowest BCUT2D eigenvalue weighted by molar-refractivity contribution is 0.961. The molecule has 12 heavy (non-hydrogen) atoms. The Labute approximate surface area is 78.4 Å². The van der Waals surface area contributed by atoms with Crippen molar-refractivity contribution >= 4 is 11.8 Å². The minimum absolute atomic E-state index is 0.733. The maximum atomic E-state index is 5.48. The summed E-state index contributed by atoms with van der Waals surface area (Å²) in [6.07, 6.45) is 3.09. The number of benzene rings is 1. The Bertz CT molecular complexity index is 258. The van der Waals surface area contributed by atoms with Crippen LogP contribution in [0.25, 0.3) is 0 Å². The highest BCUT2D eigenvalue weighted by Crippen LogP contribution is 2.20. The number of hydrogen-bond donors (Lipinski definition) is 1. The fraction of sp³-hybridized carbons (Fsp3) is 0.400. The summed E-state index contributed by atoms with van der Waals surface area (Å²) in [4.78, 5) is 1.36. The topological polar surface area (TPSA) is 26.0 Å². The highest BCUT2D eigenvalue weighted by molar-refractivity contribution is 7.98. The average Bonchev–Trinajstić information content (AvgIpc) is 2.09. The van der Waals surface area contributed by atoms with Crippen LogP contribution in [0.5, 0.6) is 0 Å². The first kappa shape index (κ1) is 9.62. The van der Waals surface area contributed by atoms with Crippen LogP contribution in [0.4, 0.5) is 0 Å². The first-order chi connectivity index (χ1) is 5.77. The van der Waals surface area contributed by atoms with Gasteiger partial charge in [-0.15, -0.1) is 11.8 Å². The minimum Gasteiger partial charge on any atom is -0.330 e. The summed E-state index contributed by atoms with van der Waals surface area (Å²) in [6, 6.07) is 6.55. The number of thioether (sulfide) groups is 1. The van der Waals surface area contributed by atoms with E-state index in [1.54, 1.807) is 11.8 Å². The molecule has 66 valence electrons. The fourth-order valence-corrected chi connectivity index (χ4v) is 1.85. The Kier molecular flexibility index (Phi) is 3.63. The zero-order valence-corrected chi connectivity index (χ0v) is 8.45. The largest absolute Gasteiger partial charge is 0.330 e. The number of rotatable bonds is 3. The first-order valence-electron chi connectivity index (χ1n) is 4.11. The van der Waals surface area contributed by atoms with Crippen molar-refractivity contribution in [1.29, 1.82) is 0 Å². The molecule has 2 heteroatoms. The van der Waals surface area contributed by atoms with Gasteiger partial charge in [0.05, 0.1) is 0 Å². The van der Waals surface area contributed by atoms with Crippen LogP contribution in [0.2, 0.25) is 0 Å². The number of aryl methyl sites for hydroxylation is 1. The van der Waals surface area contributed by atoms with Crippen LogP contribution < -0.4 is 5.73 Å². The average molecular weight is 181 g/mol. The summed E-state index contributed by atoms with van der Waals surface area (Å²) >= 11 is 1.79. The van der Waals surface area contributed by atoms with Gasteiger partial charge in [-0.25, -0.2) is 0 Å². The second-order valence-electron chi connectivity index (χ2n) is 2.84. The van der Waals surface area contributed by atoms with Crippen LogP contribution in [0.1, 0.15) is 11.1 Å². The Balaban J connectivity index is 2.89. The first-order valence-corrected chi connectivity index (χ1v) is 5.34. The molecule has 0 aliphatic carbocycles. The fourth-order valence-electron chi connectivity index (χ4n) is 1.19. The van der Waals surface area contributed by atoms with Gasteiger partial charge in [0.25, 0.3) is 0 Å². The minimum atomic E-state index is 0.733. The lowest BCUT2D eigenvalue weighted by Gasteiger charge is -2.04. The van der Waals surface area contributed by atoms with E-state index in [0.29, 0.717) is 0 Å². The highest BCUT2D eigenvalue weighted by Gasteiger charge is 1.97. The van der Waals surface area contributed by atoms with E-state index in [0.717, 1.165) is 13.0 Å². The summed E-state index contributed by atoms with van der Waals surface area (Å²) < 4.78 is 0. The molecule has 0 bridgehead atoms. The monoisotopic (exact) mass is 181 g/mol. The molecule has 1 aromatic carbocycles. The van der Waals surface area contributed by atoms with Crippen molar-refractivity contribution in [1.82, 2.24) is 0 Å². The molecule has 1 aromatic rings. The second kappa shape index (κ2) is 4.53. The molecule has 1 rings (SSSR count). The van der Waals surface area contributed by atoms with Crippen molar-refractivity contribution in [2.24, 2.45) is 5.73 Å². The highest BCUT2D eigenvalue weighted by atomic mass is 32.2. The predicted molar refractivity (Wildman–Crippen MR) is 55.7 cm³/mol. The molecule has 0 saturated heterocycles. The van der Waals surface area contributed by atoms with Gasteiger partial charge < -0.3 is 5.73 Å². The Hall–Kier alpha value is -0.470. The van der Waals surface area contributed by atoms with Gasteiger partial charge in [-0.3, -0.25) is 0 Å². The van der Waals surface area contributed by atoms with Gasteiger partial charge in [0.1, 0.15) is 0 Å². The maximum Gasteiger partial charge on any atom is 0.0101 e. The molecule has 0 aliphatic rings. The molecule has 0 radical (unpaired) electrons. The summed E-state index contributed by atoms with van der Waals surface area (Å²) in [5.74, 6) is 0. The molecule has 0 spiro atoms. The van der Waals surface area contributed by atoms with E-state index in [1.807, 2.05) is 0 Å².